The molecule has 0 fully saturated rings. The Balaban J connectivity index is 3.69. The number of carbonyl (C=O) groups is 2. The molecule has 0 aliphatic heterocycles. The van der Waals surface area contributed by atoms with Gasteiger partial charge in [0.25, 0.3) is 0 Å². The number of aliphatic carboxylic acids is 1. The highest BCUT2D eigenvalue weighted by atomic mass is 16.4. The first-order valence-electron chi connectivity index (χ1n) is 6.10. The molecule has 0 heterocycles. The van der Waals surface area contributed by atoms with Crippen molar-refractivity contribution in [3.8, 4) is 0 Å². The van der Waals surface area contributed by atoms with E-state index in [0.717, 1.165) is 6.42 Å². The van der Waals surface area contributed by atoms with Gasteiger partial charge in [-0.3, -0.25) is 4.79 Å². The van der Waals surface area contributed by atoms with Crippen LogP contribution in [0.4, 0.5) is 4.79 Å². The monoisotopic (exact) mass is 244 g/mol. The third-order valence-corrected chi connectivity index (χ3v) is 2.49. The number of amides is 2. The molecule has 0 aliphatic rings. The van der Waals surface area contributed by atoms with Crippen molar-refractivity contribution in [1.29, 1.82) is 0 Å². The second-order valence-electron chi connectivity index (χ2n) is 4.96. The molecule has 5 nitrogen and oxygen atoms in total. The zero-order valence-electron chi connectivity index (χ0n) is 11.1. The Kier molecular flexibility index (Phi) is 7.34. The molecule has 0 saturated carbocycles. The smallest absolute Gasteiger partial charge is 0.314 e. The lowest BCUT2D eigenvalue weighted by Gasteiger charge is -2.16. The van der Waals surface area contributed by atoms with Crippen molar-refractivity contribution in [3.63, 3.8) is 0 Å². The molecule has 0 bridgehead atoms. The fraction of sp³-hybridized carbons (Fsp3) is 0.833. The molecule has 0 aromatic carbocycles. The molecular weight excluding hydrogens is 220 g/mol. The van der Waals surface area contributed by atoms with E-state index in [1.54, 1.807) is 6.92 Å². The molecule has 2 unspecified atom stereocenters. The van der Waals surface area contributed by atoms with Crippen LogP contribution in [0, 0.1) is 11.8 Å². The van der Waals surface area contributed by atoms with E-state index in [1.807, 2.05) is 6.92 Å². The largest absolute Gasteiger partial charge is 0.481 e. The number of urea groups is 1. The maximum Gasteiger partial charge on any atom is 0.314 e. The molecule has 5 heteroatoms. The van der Waals surface area contributed by atoms with Gasteiger partial charge in [0.1, 0.15) is 0 Å². The van der Waals surface area contributed by atoms with Crippen molar-refractivity contribution < 1.29 is 14.7 Å². The van der Waals surface area contributed by atoms with Crippen LogP contribution in [0.5, 0.6) is 0 Å². The van der Waals surface area contributed by atoms with E-state index < -0.39 is 11.9 Å². The van der Waals surface area contributed by atoms with E-state index in [9.17, 15) is 9.59 Å². The number of carbonyl (C=O) groups excluding carboxylic acids is 1. The first-order valence-corrected chi connectivity index (χ1v) is 6.10. The SMILES string of the molecule is CC(C)CC(C)NC(=O)NCCC(C)C(=O)O. The number of carboxylic acids is 1. The third-order valence-electron chi connectivity index (χ3n) is 2.49. The first-order chi connectivity index (χ1) is 7.82. The molecule has 2 amide bonds. The number of hydrogen-bond donors (Lipinski definition) is 3. The van der Waals surface area contributed by atoms with Gasteiger partial charge in [-0.2, -0.15) is 0 Å². The van der Waals surface area contributed by atoms with Crippen molar-refractivity contribution in [2.75, 3.05) is 6.54 Å². The van der Waals surface area contributed by atoms with Gasteiger partial charge in [0, 0.05) is 12.6 Å². The summed E-state index contributed by atoms with van der Waals surface area (Å²) in [6.45, 7) is 8.17. The van der Waals surface area contributed by atoms with Gasteiger partial charge in [0.15, 0.2) is 0 Å². The summed E-state index contributed by atoms with van der Waals surface area (Å²) in [7, 11) is 0. The molecule has 0 aromatic heterocycles. The summed E-state index contributed by atoms with van der Waals surface area (Å²) in [4.78, 5) is 22.0. The Bertz CT molecular complexity index is 254. The fourth-order valence-corrected chi connectivity index (χ4v) is 1.57. The van der Waals surface area contributed by atoms with Crippen LogP contribution >= 0.6 is 0 Å². The Morgan fingerprint density at radius 1 is 1.18 bits per heavy atom. The van der Waals surface area contributed by atoms with E-state index in [2.05, 4.69) is 24.5 Å². The lowest BCUT2D eigenvalue weighted by Crippen LogP contribution is -2.42. The molecule has 0 radical (unpaired) electrons. The zero-order valence-corrected chi connectivity index (χ0v) is 11.1. The maximum absolute atomic E-state index is 11.4. The quantitative estimate of drug-likeness (QED) is 0.639. The van der Waals surface area contributed by atoms with Crippen molar-refractivity contribution >= 4 is 12.0 Å². The van der Waals surface area contributed by atoms with Crippen LogP contribution in [0.15, 0.2) is 0 Å². The fourth-order valence-electron chi connectivity index (χ4n) is 1.57. The molecule has 0 aromatic rings. The standard InChI is InChI=1S/C12H24N2O3/c1-8(2)7-10(4)14-12(17)13-6-5-9(3)11(15)16/h8-10H,5-7H2,1-4H3,(H,15,16)(H2,13,14,17). The lowest BCUT2D eigenvalue weighted by molar-refractivity contribution is -0.141. The summed E-state index contributed by atoms with van der Waals surface area (Å²) in [6, 6.07) is -0.0948. The Morgan fingerprint density at radius 3 is 2.24 bits per heavy atom. The van der Waals surface area contributed by atoms with Crippen molar-refractivity contribution in [1.82, 2.24) is 10.6 Å². The van der Waals surface area contributed by atoms with Gasteiger partial charge < -0.3 is 15.7 Å². The predicted molar refractivity (Wildman–Crippen MR) is 66.9 cm³/mol. The number of carboxylic acid groups (broad SMARTS) is 1. The third kappa shape index (κ3) is 8.54. The highest BCUT2D eigenvalue weighted by Gasteiger charge is 2.12. The van der Waals surface area contributed by atoms with Crippen LogP contribution in [0.1, 0.15) is 40.5 Å². The van der Waals surface area contributed by atoms with Gasteiger partial charge in [-0.05, 0) is 25.7 Å². The van der Waals surface area contributed by atoms with Crippen molar-refractivity contribution in [2.45, 2.75) is 46.6 Å². The zero-order chi connectivity index (χ0) is 13.4. The van der Waals surface area contributed by atoms with E-state index in [0.29, 0.717) is 18.9 Å². The predicted octanol–water partition coefficient (Wildman–Crippen LogP) is 1.83. The Morgan fingerprint density at radius 2 is 1.76 bits per heavy atom. The Hall–Kier alpha value is -1.26. The molecule has 0 rings (SSSR count). The van der Waals surface area contributed by atoms with Gasteiger partial charge in [-0.25, -0.2) is 4.79 Å². The number of rotatable bonds is 7. The van der Waals surface area contributed by atoms with Crippen LogP contribution in [0.25, 0.3) is 0 Å². The van der Waals surface area contributed by atoms with Crippen LogP contribution in [0.2, 0.25) is 0 Å². The minimum absolute atomic E-state index is 0.131. The Labute approximate surface area is 103 Å². The number of nitrogens with one attached hydrogen (secondary N) is 2. The summed E-state index contributed by atoms with van der Waals surface area (Å²) in [5.74, 6) is -0.721. The first kappa shape index (κ1) is 15.7. The van der Waals surface area contributed by atoms with E-state index in [1.165, 1.54) is 0 Å². The van der Waals surface area contributed by atoms with E-state index >= 15 is 0 Å². The van der Waals surface area contributed by atoms with Crippen LogP contribution < -0.4 is 10.6 Å². The molecule has 17 heavy (non-hydrogen) atoms. The molecule has 0 spiro atoms. The van der Waals surface area contributed by atoms with Gasteiger partial charge in [-0.1, -0.05) is 20.8 Å². The van der Waals surface area contributed by atoms with Crippen molar-refractivity contribution in [2.24, 2.45) is 11.8 Å². The maximum atomic E-state index is 11.4. The van der Waals surface area contributed by atoms with Crippen LogP contribution in [-0.2, 0) is 4.79 Å². The van der Waals surface area contributed by atoms with Crippen LogP contribution in [-0.4, -0.2) is 29.7 Å². The summed E-state index contributed by atoms with van der Waals surface area (Å²) < 4.78 is 0. The topological polar surface area (TPSA) is 78.4 Å². The summed E-state index contributed by atoms with van der Waals surface area (Å²) >= 11 is 0. The average molecular weight is 244 g/mol. The van der Waals surface area contributed by atoms with Gasteiger partial charge >= 0.3 is 12.0 Å². The molecule has 0 aliphatic carbocycles. The van der Waals surface area contributed by atoms with Gasteiger partial charge in [0.05, 0.1) is 5.92 Å². The van der Waals surface area contributed by atoms with Crippen LogP contribution in [0.3, 0.4) is 0 Å². The number of hydrogen-bond acceptors (Lipinski definition) is 2. The summed E-state index contributed by atoms with van der Waals surface area (Å²) in [6.07, 6.45) is 1.38. The second-order valence-corrected chi connectivity index (χ2v) is 4.96. The molecule has 0 saturated heterocycles. The normalized spacial score (nSPS) is 14.2. The van der Waals surface area contributed by atoms with Crippen molar-refractivity contribution in [3.05, 3.63) is 0 Å². The van der Waals surface area contributed by atoms with Gasteiger partial charge in [-0.15, -0.1) is 0 Å². The van der Waals surface area contributed by atoms with Gasteiger partial charge in [0.2, 0.25) is 0 Å². The highest BCUT2D eigenvalue weighted by Crippen LogP contribution is 2.03. The summed E-state index contributed by atoms with van der Waals surface area (Å²) in [5.41, 5.74) is 0. The second kappa shape index (κ2) is 7.92. The minimum Gasteiger partial charge on any atom is -0.481 e. The minimum atomic E-state index is -0.833. The van der Waals surface area contributed by atoms with E-state index in [-0.39, 0.29) is 12.1 Å². The highest BCUT2D eigenvalue weighted by molar-refractivity contribution is 5.74. The molecule has 2 atom stereocenters. The molecule has 100 valence electrons. The molecule has 3 N–H and O–H groups in total. The molecular formula is C12H24N2O3. The lowest BCUT2D eigenvalue weighted by atomic mass is 10.1. The average Bonchev–Trinajstić information content (AvgIpc) is 2.15. The van der Waals surface area contributed by atoms with E-state index in [4.69, 9.17) is 5.11 Å². The summed E-state index contributed by atoms with van der Waals surface area (Å²) in [5, 5.41) is 14.1.